The van der Waals surface area contributed by atoms with E-state index in [2.05, 4.69) is 12.6 Å². The number of thiol groups is 1. The maximum atomic E-state index is 10.3. The van der Waals surface area contributed by atoms with Gasteiger partial charge in [-0.2, -0.15) is 0 Å². The quantitative estimate of drug-likeness (QED) is 0.622. The van der Waals surface area contributed by atoms with Crippen molar-refractivity contribution in [2.45, 2.75) is 19.3 Å². The Kier molecular flexibility index (Phi) is 2.76. The van der Waals surface area contributed by atoms with E-state index in [9.17, 15) is 4.79 Å². The lowest BCUT2D eigenvalue weighted by molar-refractivity contribution is -0.136. The molecule has 1 aliphatic rings. The van der Waals surface area contributed by atoms with Crippen molar-refractivity contribution in [1.29, 1.82) is 0 Å². The van der Waals surface area contributed by atoms with Crippen molar-refractivity contribution in [3.05, 3.63) is 22.6 Å². The second-order valence-corrected chi connectivity index (χ2v) is 3.13. The number of carbonyl (C=O) groups is 1. The van der Waals surface area contributed by atoms with E-state index in [1.165, 1.54) is 0 Å². The number of aliphatic carboxylic acids is 1. The number of rotatable bonds is 2. The summed E-state index contributed by atoms with van der Waals surface area (Å²) in [5.41, 5.74) is 0.982. The summed E-state index contributed by atoms with van der Waals surface area (Å²) < 4.78 is 0. The lowest BCUT2D eigenvalue weighted by atomic mass is 10.0. The zero-order valence-corrected chi connectivity index (χ0v) is 6.97. The first-order chi connectivity index (χ1) is 5.18. The summed E-state index contributed by atoms with van der Waals surface area (Å²) in [6, 6.07) is 0. The van der Waals surface area contributed by atoms with Crippen LogP contribution in [0.4, 0.5) is 0 Å². The van der Waals surface area contributed by atoms with Gasteiger partial charge < -0.3 is 5.11 Å². The molecule has 0 amide bonds. The fourth-order valence-corrected chi connectivity index (χ4v) is 1.20. The van der Waals surface area contributed by atoms with Crippen molar-refractivity contribution in [2.75, 3.05) is 0 Å². The summed E-state index contributed by atoms with van der Waals surface area (Å²) in [5.74, 6) is -0.757. The molecule has 0 aromatic rings. The monoisotopic (exact) mass is 170 g/mol. The van der Waals surface area contributed by atoms with E-state index < -0.39 is 5.97 Å². The third-order valence-corrected chi connectivity index (χ3v) is 1.96. The molecule has 0 atom stereocenters. The van der Waals surface area contributed by atoms with Crippen LogP contribution in [0.3, 0.4) is 0 Å². The Hall–Kier alpha value is -0.700. The molecule has 0 heterocycles. The summed E-state index contributed by atoms with van der Waals surface area (Å²) in [4.78, 5) is 11.3. The Morgan fingerprint density at radius 1 is 1.55 bits per heavy atom. The molecule has 0 saturated heterocycles. The predicted octanol–water partition coefficient (Wildman–Crippen LogP) is 2.00. The minimum absolute atomic E-state index is 0.164. The summed E-state index contributed by atoms with van der Waals surface area (Å²) in [6.07, 6.45) is 5.59. The van der Waals surface area contributed by atoms with Crippen LogP contribution in [0.5, 0.6) is 0 Å². The predicted molar refractivity (Wildman–Crippen MR) is 46.6 cm³/mol. The SMILES string of the molecule is O=C(O)CC1=CC=C(S)CC1. The molecule has 1 N–H and O–H groups in total. The normalized spacial score (nSPS) is 17.2. The molecule has 0 saturated carbocycles. The zero-order chi connectivity index (χ0) is 8.27. The molecule has 0 bridgehead atoms. The van der Waals surface area contributed by atoms with Crippen LogP contribution in [0.15, 0.2) is 22.6 Å². The number of carboxylic acids is 1. The van der Waals surface area contributed by atoms with Crippen LogP contribution in [-0.2, 0) is 4.79 Å². The van der Waals surface area contributed by atoms with Crippen molar-refractivity contribution in [3.63, 3.8) is 0 Å². The minimum atomic E-state index is -0.757. The molecule has 0 unspecified atom stereocenters. The van der Waals surface area contributed by atoms with E-state index in [4.69, 9.17) is 5.11 Å². The van der Waals surface area contributed by atoms with Crippen molar-refractivity contribution in [1.82, 2.24) is 0 Å². The van der Waals surface area contributed by atoms with Crippen molar-refractivity contribution >= 4 is 18.6 Å². The second kappa shape index (κ2) is 3.62. The number of carboxylic acid groups (broad SMARTS) is 1. The maximum absolute atomic E-state index is 10.3. The van der Waals surface area contributed by atoms with Crippen LogP contribution >= 0.6 is 12.6 Å². The second-order valence-electron chi connectivity index (χ2n) is 2.55. The van der Waals surface area contributed by atoms with Gasteiger partial charge in [-0.3, -0.25) is 4.79 Å². The van der Waals surface area contributed by atoms with Gasteiger partial charge in [-0.05, 0) is 17.7 Å². The zero-order valence-electron chi connectivity index (χ0n) is 6.08. The first-order valence-electron chi connectivity index (χ1n) is 3.48. The smallest absolute Gasteiger partial charge is 0.307 e. The van der Waals surface area contributed by atoms with E-state index in [0.29, 0.717) is 0 Å². The lowest BCUT2D eigenvalue weighted by Crippen LogP contribution is -1.99. The Balaban J connectivity index is 2.54. The van der Waals surface area contributed by atoms with E-state index >= 15 is 0 Å². The molecule has 1 rings (SSSR count). The van der Waals surface area contributed by atoms with Gasteiger partial charge in [0.25, 0.3) is 0 Å². The fraction of sp³-hybridized carbons (Fsp3) is 0.375. The largest absolute Gasteiger partial charge is 0.481 e. The summed E-state index contributed by atoms with van der Waals surface area (Å²) in [5, 5.41) is 8.45. The highest BCUT2D eigenvalue weighted by atomic mass is 32.1. The van der Waals surface area contributed by atoms with E-state index in [-0.39, 0.29) is 6.42 Å². The summed E-state index contributed by atoms with van der Waals surface area (Å²) >= 11 is 4.16. The number of hydrogen-bond donors (Lipinski definition) is 2. The molecule has 11 heavy (non-hydrogen) atoms. The van der Waals surface area contributed by atoms with E-state index in [1.54, 1.807) is 0 Å². The summed E-state index contributed by atoms with van der Waals surface area (Å²) in [7, 11) is 0. The maximum Gasteiger partial charge on any atom is 0.307 e. The average molecular weight is 170 g/mol. The molecular weight excluding hydrogens is 160 g/mol. The standard InChI is InChI=1S/C8H10O2S/c9-8(10)5-6-1-3-7(11)4-2-6/h1,3,11H,2,4-5H2,(H,9,10). The molecule has 0 fully saturated rings. The Bertz CT molecular complexity index is 228. The topological polar surface area (TPSA) is 37.3 Å². The van der Waals surface area contributed by atoms with Crippen LogP contribution in [0.2, 0.25) is 0 Å². The van der Waals surface area contributed by atoms with Gasteiger partial charge in [-0.15, -0.1) is 12.6 Å². The summed E-state index contributed by atoms with van der Waals surface area (Å²) in [6.45, 7) is 0. The third-order valence-electron chi connectivity index (χ3n) is 1.59. The Labute approximate surface area is 71.0 Å². The van der Waals surface area contributed by atoms with Gasteiger partial charge in [-0.25, -0.2) is 0 Å². The molecular formula is C8H10O2S. The van der Waals surface area contributed by atoms with Crippen molar-refractivity contribution in [3.8, 4) is 0 Å². The molecule has 0 aromatic heterocycles. The third kappa shape index (κ3) is 2.80. The lowest BCUT2D eigenvalue weighted by Gasteiger charge is -2.08. The first-order valence-corrected chi connectivity index (χ1v) is 3.92. The van der Waals surface area contributed by atoms with Crippen LogP contribution in [-0.4, -0.2) is 11.1 Å². The van der Waals surface area contributed by atoms with Crippen LogP contribution in [0.25, 0.3) is 0 Å². The van der Waals surface area contributed by atoms with Crippen LogP contribution in [0, 0.1) is 0 Å². The first kappa shape index (κ1) is 8.40. The van der Waals surface area contributed by atoms with Gasteiger partial charge in [0, 0.05) is 0 Å². The molecule has 0 spiro atoms. The Morgan fingerprint density at radius 2 is 2.27 bits per heavy atom. The van der Waals surface area contributed by atoms with Gasteiger partial charge in [0.2, 0.25) is 0 Å². The average Bonchev–Trinajstić information content (AvgIpc) is 1.93. The number of hydrogen-bond acceptors (Lipinski definition) is 2. The van der Waals surface area contributed by atoms with Gasteiger partial charge >= 0.3 is 5.97 Å². The number of allylic oxidation sites excluding steroid dienone is 3. The highest BCUT2D eigenvalue weighted by Gasteiger charge is 2.06. The van der Waals surface area contributed by atoms with Crippen LogP contribution < -0.4 is 0 Å². The van der Waals surface area contributed by atoms with Gasteiger partial charge in [0.1, 0.15) is 0 Å². The Morgan fingerprint density at radius 3 is 2.73 bits per heavy atom. The molecule has 0 radical (unpaired) electrons. The highest BCUT2D eigenvalue weighted by Crippen LogP contribution is 2.22. The van der Waals surface area contributed by atoms with Gasteiger partial charge in [0.15, 0.2) is 0 Å². The molecule has 3 heteroatoms. The molecule has 1 aliphatic carbocycles. The van der Waals surface area contributed by atoms with E-state index in [1.807, 2.05) is 12.2 Å². The molecule has 60 valence electrons. The van der Waals surface area contributed by atoms with Crippen molar-refractivity contribution in [2.24, 2.45) is 0 Å². The van der Waals surface area contributed by atoms with E-state index in [0.717, 1.165) is 23.3 Å². The highest BCUT2D eigenvalue weighted by molar-refractivity contribution is 7.84. The van der Waals surface area contributed by atoms with Crippen LogP contribution in [0.1, 0.15) is 19.3 Å². The van der Waals surface area contributed by atoms with Gasteiger partial charge in [-0.1, -0.05) is 17.7 Å². The fourth-order valence-electron chi connectivity index (χ4n) is 1.01. The van der Waals surface area contributed by atoms with Crippen molar-refractivity contribution < 1.29 is 9.90 Å². The molecule has 2 nitrogen and oxygen atoms in total. The molecule has 0 aromatic carbocycles. The van der Waals surface area contributed by atoms with Gasteiger partial charge in [0.05, 0.1) is 6.42 Å². The molecule has 0 aliphatic heterocycles. The minimum Gasteiger partial charge on any atom is -0.481 e.